The summed E-state index contributed by atoms with van der Waals surface area (Å²) in [4.78, 5) is 13.4. The summed E-state index contributed by atoms with van der Waals surface area (Å²) in [6.07, 6.45) is 0.795. The van der Waals surface area contributed by atoms with Crippen LogP contribution in [0, 0.1) is 5.82 Å². The lowest BCUT2D eigenvalue weighted by molar-refractivity contribution is 0.217. The van der Waals surface area contributed by atoms with Gasteiger partial charge in [-0.3, -0.25) is 0 Å². The Morgan fingerprint density at radius 2 is 2.12 bits per heavy atom. The highest BCUT2D eigenvalue weighted by Gasteiger charge is 2.28. The normalized spacial score (nSPS) is 19.5. The summed E-state index contributed by atoms with van der Waals surface area (Å²) >= 11 is 0. The number of carbonyl (C=O) groups excluding carboxylic acids is 1. The molecule has 3 N–H and O–H groups in total. The van der Waals surface area contributed by atoms with Crippen LogP contribution < -0.4 is 11.1 Å². The molecule has 5 heteroatoms. The lowest BCUT2D eigenvalue weighted by Crippen LogP contribution is -2.30. The molecule has 0 aliphatic carbocycles. The van der Waals surface area contributed by atoms with E-state index in [9.17, 15) is 9.18 Å². The number of hydrogen-bond donors (Lipinski definition) is 2. The SMILES string of the molecule is NCCCN1CC(c2ccc(F)cc2)NC1=O. The molecule has 1 heterocycles. The molecular formula is C12H16FN3O. The number of carbonyl (C=O) groups is 1. The van der Waals surface area contributed by atoms with E-state index in [2.05, 4.69) is 5.32 Å². The molecule has 0 radical (unpaired) electrons. The largest absolute Gasteiger partial charge is 0.330 e. The van der Waals surface area contributed by atoms with E-state index >= 15 is 0 Å². The molecule has 0 saturated carbocycles. The average Bonchev–Trinajstić information content (AvgIpc) is 2.69. The van der Waals surface area contributed by atoms with E-state index in [1.165, 1.54) is 12.1 Å². The minimum Gasteiger partial charge on any atom is -0.330 e. The first-order valence-electron chi connectivity index (χ1n) is 5.71. The van der Waals surface area contributed by atoms with Gasteiger partial charge in [0.25, 0.3) is 0 Å². The van der Waals surface area contributed by atoms with Crippen LogP contribution in [0.4, 0.5) is 9.18 Å². The smallest absolute Gasteiger partial charge is 0.318 e. The Hall–Kier alpha value is -1.62. The van der Waals surface area contributed by atoms with Crippen LogP contribution in [0.25, 0.3) is 0 Å². The van der Waals surface area contributed by atoms with E-state index in [0.717, 1.165) is 12.0 Å². The maximum Gasteiger partial charge on any atom is 0.318 e. The van der Waals surface area contributed by atoms with Crippen LogP contribution >= 0.6 is 0 Å². The molecule has 0 spiro atoms. The molecule has 1 atom stereocenters. The highest BCUT2D eigenvalue weighted by Crippen LogP contribution is 2.20. The van der Waals surface area contributed by atoms with Crippen molar-refractivity contribution in [1.82, 2.24) is 10.2 Å². The van der Waals surface area contributed by atoms with Gasteiger partial charge in [-0.05, 0) is 30.7 Å². The van der Waals surface area contributed by atoms with Crippen molar-refractivity contribution in [3.05, 3.63) is 35.6 Å². The predicted octanol–water partition coefficient (Wildman–Crippen LogP) is 1.24. The number of nitrogens with two attached hydrogens (primary N) is 1. The lowest BCUT2D eigenvalue weighted by Gasteiger charge is -2.13. The lowest BCUT2D eigenvalue weighted by atomic mass is 10.1. The molecule has 0 bridgehead atoms. The van der Waals surface area contributed by atoms with Crippen molar-refractivity contribution in [1.29, 1.82) is 0 Å². The Morgan fingerprint density at radius 1 is 1.41 bits per heavy atom. The summed E-state index contributed by atoms with van der Waals surface area (Å²) in [6.45, 7) is 1.86. The fraction of sp³-hybridized carbons (Fsp3) is 0.417. The van der Waals surface area contributed by atoms with Gasteiger partial charge >= 0.3 is 6.03 Å². The number of urea groups is 1. The van der Waals surface area contributed by atoms with Crippen molar-refractivity contribution in [2.45, 2.75) is 12.5 Å². The quantitative estimate of drug-likeness (QED) is 0.827. The molecule has 2 amide bonds. The fourth-order valence-electron chi connectivity index (χ4n) is 1.95. The first-order valence-corrected chi connectivity index (χ1v) is 5.71. The molecule has 4 nitrogen and oxygen atoms in total. The summed E-state index contributed by atoms with van der Waals surface area (Å²) in [5.74, 6) is -0.266. The molecule has 2 rings (SSSR count). The highest BCUT2D eigenvalue weighted by atomic mass is 19.1. The standard InChI is InChI=1S/C12H16FN3O/c13-10-4-2-9(3-5-10)11-8-16(7-1-6-14)12(17)15-11/h2-5,11H,1,6-8,14H2,(H,15,17). The topological polar surface area (TPSA) is 58.4 Å². The second-order valence-electron chi connectivity index (χ2n) is 4.14. The zero-order valence-corrected chi connectivity index (χ0v) is 9.53. The first-order chi connectivity index (χ1) is 8.20. The van der Waals surface area contributed by atoms with Crippen LogP contribution in [0.2, 0.25) is 0 Å². The molecule has 1 aromatic carbocycles. The Labute approximate surface area is 99.6 Å². The molecule has 1 saturated heterocycles. The zero-order chi connectivity index (χ0) is 12.3. The van der Waals surface area contributed by atoms with Crippen LogP contribution in [0.3, 0.4) is 0 Å². The molecule has 0 aromatic heterocycles. The van der Waals surface area contributed by atoms with Gasteiger partial charge in [0, 0.05) is 13.1 Å². The third kappa shape index (κ3) is 2.74. The molecule has 92 valence electrons. The number of hydrogen-bond acceptors (Lipinski definition) is 2. The van der Waals surface area contributed by atoms with Crippen LogP contribution in [-0.2, 0) is 0 Å². The van der Waals surface area contributed by atoms with Crippen molar-refractivity contribution < 1.29 is 9.18 Å². The van der Waals surface area contributed by atoms with Crippen molar-refractivity contribution >= 4 is 6.03 Å². The number of halogens is 1. The second-order valence-corrected chi connectivity index (χ2v) is 4.14. The average molecular weight is 237 g/mol. The van der Waals surface area contributed by atoms with Gasteiger partial charge in [0.15, 0.2) is 0 Å². The molecule has 1 aliphatic rings. The number of benzene rings is 1. The highest BCUT2D eigenvalue weighted by molar-refractivity contribution is 5.77. The molecule has 1 aromatic rings. The van der Waals surface area contributed by atoms with E-state index in [0.29, 0.717) is 19.6 Å². The van der Waals surface area contributed by atoms with Crippen molar-refractivity contribution in [2.75, 3.05) is 19.6 Å². The molecular weight excluding hydrogens is 221 g/mol. The Kier molecular flexibility index (Phi) is 3.58. The third-order valence-electron chi connectivity index (χ3n) is 2.89. The van der Waals surface area contributed by atoms with Gasteiger partial charge in [0.2, 0.25) is 0 Å². The van der Waals surface area contributed by atoms with Gasteiger partial charge in [0.1, 0.15) is 5.82 Å². The van der Waals surface area contributed by atoms with Gasteiger partial charge in [-0.25, -0.2) is 9.18 Å². The van der Waals surface area contributed by atoms with Crippen molar-refractivity contribution in [3.8, 4) is 0 Å². The van der Waals surface area contributed by atoms with Gasteiger partial charge in [-0.1, -0.05) is 12.1 Å². The zero-order valence-electron chi connectivity index (χ0n) is 9.53. The molecule has 17 heavy (non-hydrogen) atoms. The summed E-state index contributed by atoms with van der Waals surface area (Å²) in [7, 11) is 0. The Bertz CT molecular complexity index is 393. The molecule has 1 fully saturated rings. The van der Waals surface area contributed by atoms with E-state index < -0.39 is 0 Å². The number of amides is 2. The number of rotatable bonds is 4. The molecule has 1 aliphatic heterocycles. The maximum atomic E-state index is 12.8. The van der Waals surface area contributed by atoms with Crippen molar-refractivity contribution in [3.63, 3.8) is 0 Å². The summed E-state index contributed by atoms with van der Waals surface area (Å²) in [6, 6.07) is 6.08. The Balaban J connectivity index is 2.00. The monoisotopic (exact) mass is 237 g/mol. The maximum absolute atomic E-state index is 12.8. The van der Waals surface area contributed by atoms with Gasteiger partial charge in [-0.2, -0.15) is 0 Å². The third-order valence-corrected chi connectivity index (χ3v) is 2.89. The van der Waals surface area contributed by atoms with Gasteiger partial charge in [0.05, 0.1) is 6.04 Å². The number of nitrogens with zero attached hydrogens (tertiary/aromatic N) is 1. The predicted molar refractivity (Wildman–Crippen MR) is 62.9 cm³/mol. The minimum absolute atomic E-state index is 0.0547. The van der Waals surface area contributed by atoms with Crippen LogP contribution in [0.5, 0.6) is 0 Å². The van der Waals surface area contributed by atoms with Gasteiger partial charge in [-0.15, -0.1) is 0 Å². The van der Waals surface area contributed by atoms with E-state index in [1.807, 2.05) is 0 Å². The summed E-state index contributed by atoms with van der Waals surface area (Å²) in [5, 5.41) is 2.87. The van der Waals surface area contributed by atoms with Crippen LogP contribution in [0.15, 0.2) is 24.3 Å². The Morgan fingerprint density at radius 3 is 2.76 bits per heavy atom. The van der Waals surface area contributed by atoms with Gasteiger partial charge < -0.3 is 16.0 Å². The van der Waals surface area contributed by atoms with Crippen molar-refractivity contribution in [2.24, 2.45) is 5.73 Å². The fourth-order valence-corrected chi connectivity index (χ4v) is 1.95. The number of nitrogens with one attached hydrogen (secondary N) is 1. The van der Waals surface area contributed by atoms with Crippen LogP contribution in [-0.4, -0.2) is 30.6 Å². The van der Waals surface area contributed by atoms with E-state index in [4.69, 9.17) is 5.73 Å². The summed E-state index contributed by atoms with van der Waals surface area (Å²) in [5.41, 5.74) is 6.34. The minimum atomic E-state index is -0.266. The second kappa shape index (κ2) is 5.14. The summed E-state index contributed by atoms with van der Waals surface area (Å²) < 4.78 is 12.8. The van der Waals surface area contributed by atoms with E-state index in [1.54, 1.807) is 17.0 Å². The molecule has 1 unspecified atom stereocenters. The first kappa shape index (κ1) is 11.9. The van der Waals surface area contributed by atoms with Crippen LogP contribution in [0.1, 0.15) is 18.0 Å². The van der Waals surface area contributed by atoms with E-state index in [-0.39, 0.29) is 17.9 Å².